The monoisotopic (exact) mass is 598 g/mol. The van der Waals surface area contributed by atoms with Crippen molar-refractivity contribution in [2.24, 2.45) is 0 Å². The van der Waals surface area contributed by atoms with Gasteiger partial charge in [-0.15, -0.1) is 45.3 Å². The molecule has 0 aromatic carbocycles. The number of rotatable bonds is 5. The molecule has 2 aliphatic heterocycles. The topological polar surface area (TPSA) is 93.2 Å². The first-order valence-corrected chi connectivity index (χ1v) is 14.9. The van der Waals surface area contributed by atoms with Gasteiger partial charge in [0.05, 0.1) is 44.8 Å². The summed E-state index contributed by atoms with van der Waals surface area (Å²) in [4.78, 5) is 13.9. The van der Waals surface area contributed by atoms with Gasteiger partial charge >= 0.3 is 0 Å². The van der Waals surface area contributed by atoms with Gasteiger partial charge in [0, 0.05) is 19.5 Å². The van der Waals surface area contributed by atoms with Crippen LogP contribution in [0.25, 0.3) is 51.1 Å². The normalized spacial score (nSPS) is 14.1. The third-order valence-corrected chi connectivity index (χ3v) is 10.7. The number of thiophene rings is 4. The molecule has 8 nitrogen and oxygen atoms in total. The minimum atomic E-state index is -0.00973. The second-order valence-corrected chi connectivity index (χ2v) is 12.4. The highest BCUT2D eigenvalue weighted by Crippen LogP contribution is 2.55. The zero-order chi connectivity index (χ0) is 27.6. The molecule has 6 rings (SSSR count). The summed E-state index contributed by atoms with van der Waals surface area (Å²) in [7, 11) is 0. The van der Waals surface area contributed by atoms with Crippen molar-refractivity contribution < 1.29 is 18.9 Å². The van der Waals surface area contributed by atoms with E-state index in [-0.39, 0.29) is 11.4 Å². The molecule has 4 aromatic rings. The summed E-state index contributed by atoms with van der Waals surface area (Å²) in [6.07, 6.45) is 3.09. The SMILES string of the molecule is [C-]#[N+]/C(C#N)=C\c1sc(-c2ccc(-c3ccc(-c4sc(/C=C(\C#N)[N+]#[C-])c5c4OCCO5)s3)s2)c2c1OCCO2. The van der Waals surface area contributed by atoms with Crippen LogP contribution in [0.5, 0.6) is 23.0 Å². The number of allylic oxidation sites excluding steroid dienone is 2. The second kappa shape index (κ2) is 10.9. The molecule has 194 valence electrons. The molecule has 6 heterocycles. The molecule has 0 fully saturated rings. The van der Waals surface area contributed by atoms with Crippen LogP contribution >= 0.6 is 45.3 Å². The van der Waals surface area contributed by atoms with Crippen molar-refractivity contribution in [3.63, 3.8) is 0 Å². The van der Waals surface area contributed by atoms with Crippen molar-refractivity contribution in [2.45, 2.75) is 0 Å². The van der Waals surface area contributed by atoms with Crippen LogP contribution in [0.15, 0.2) is 35.7 Å². The van der Waals surface area contributed by atoms with E-state index in [0.29, 0.717) is 59.2 Å². The van der Waals surface area contributed by atoms with Crippen molar-refractivity contribution in [3.8, 4) is 64.4 Å². The van der Waals surface area contributed by atoms with Crippen LogP contribution in [0, 0.1) is 35.8 Å². The highest BCUT2D eigenvalue weighted by atomic mass is 32.1. The molecule has 0 saturated heterocycles. The largest absolute Gasteiger partial charge is 0.485 e. The summed E-state index contributed by atoms with van der Waals surface area (Å²) in [6, 6.07) is 12.0. The Kier molecular flexibility index (Phi) is 7.00. The van der Waals surface area contributed by atoms with E-state index in [2.05, 4.69) is 21.8 Å². The molecule has 0 radical (unpaired) electrons. The number of ether oxygens (including phenoxy) is 4. The Labute approximate surface area is 245 Å². The molecule has 0 bridgehead atoms. The van der Waals surface area contributed by atoms with Gasteiger partial charge in [0.25, 0.3) is 11.4 Å². The predicted molar refractivity (Wildman–Crippen MR) is 157 cm³/mol. The Morgan fingerprint density at radius 3 is 1.38 bits per heavy atom. The lowest BCUT2D eigenvalue weighted by molar-refractivity contribution is 0.174. The highest BCUT2D eigenvalue weighted by Gasteiger charge is 2.27. The number of nitriles is 2. The summed E-state index contributed by atoms with van der Waals surface area (Å²) in [5.74, 6) is 2.43. The smallest absolute Gasteiger partial charge is 0.263 e. The third-order valence-electron chi connectivity index (χ3n) is 5.76. The first-order valence-electron chi connectivity index (χ1n) is 11.7. The average molecular weight is 599 g/mol. The van der Waals surface area contributed by atoms with E-state index in [1.807, 2.05) is 24.3 Å². The molecule has 0 aliphatic carbocycles. The van der Waals surface area contributed by atoms with Gasteiger partial charge in [0.1, 0.15) is 26.4 Å². The maximum Gasteiger partial charge on any atom is 0.263 e. The van der Waals surface area contributed by atoms with Crippen molar-refractivity contribution in [2.75, 3.05) is 26.4 Å². The third kappa shape index (κ3) is 4.60. The maximum atomic E-state index is 9.22. The molecule has 4 aromatic heterocycles. The fourth-order valence-electron chi connectivity index (χ4n) is 4.07. The first-order chi connectivity index (χ1) is 19.6. The molecule has 0 unspecified atom stereocenters. The molecule has 12 heteroatoms. The van der Waals surface area contributed by atoms with E-state index in [9.17, 15) is 10.5 Å². The van der Waals surface area contributed by atoms with Crippen LogP contribution in [0.2, 0.25) is 0 Å². The van der Waals surface area contributed by atoms with Gasteiger partial charge in [-0.25, -0.2) is 20.2 Å². The molecule has 0 spiro atoms. The quantitative estimate of drug-likeness (QED) is 0.170. The molecule has 2 aliphatic rings. The van der Waals surface area contributed by atoms with Crippen LogP contribution in [0.4, 0.5) is 0 Å². The molecule has 0 atom stereocenters. The average Bonchev–Trinajstić information content (AvgIpc) is 3.79. The second-order valence-electron chi connectivity index (χ2n) is 8.14. The van der Waals surface area contributed by atoms with Crippen molar-refractivity contribution in [1.82, 2.24) is 0 Å². The van der Waals surface area contributed by atoms with Crippen molar-refractivity contribution >= 4 is 57.5 Å². The molecular weight excluding hydrogens is 585 g/mol. The van der Waals surface area contributed by atoms with Gasteiger partial charge in [-0.1, -0.05) is 0 Å². The highest BCUT2D eigenvalue weighted by molar-refractivity contribution is 7.29. The Balaban J connectivity index is 1.35. The van der Waals surface area contributed by atoms with Crippen LogP contribution in [-0.4, -0.2) is 26.4 Å². The molecule has 40 heavy (non-hydrogen) atoms. The number of nitrogens with zero attached hydrogens (tertiary/aromatic N) is 4. The standard InChI is InChI=1S/C28H14N4O4S4/c1-31-15(13-29)11-21-23-25(35-9-7-33-23)27(39-21)19-5-3-17(37-19)18-4-6-20(38-18)28-26-24(34-8-10-36-26)22(40-28)12-16(14-30)32-2/h3-6,11-12H,7-10H2/b15-11-,16-12+. The van der Waals surface area contributed by atoms with Crippen LogP contribution in [-0.2, 0) is 0 Å². The summed E-state index contributed by atoms with van der Waals surface area (Å²) in [6.45, 7) is 16.1. The zero-order valence-corrected chi connectivity index (χ0v) is 23.6. The Hall–Kier alpha value is -4.56. The van der Waals surface area contributed by atoms with Gasteiger partial charge in [0.2, 0.25) is 0 Å². The van der Waals surface area contributed by atoms with E-state index in [0.717, 1.165) is 29.3 Å². The number of hydrogen-bond donors (Lipinski definition) is 0. The van der Waals surface area contributed by atoms with Crippen LogP contribution in [0.1, 0.15) is 9.75 Å². The Bertz CT molecular complexity index is 1710. The molecule has 0 amide bonds. The first kappa shape index (κ1) is 25.7. The van der Waals surface area contributed by atoms with Gasteiger partial charge in [-0.05, 0) is 36.4 Å². The van der Waals surface area contributed by atoms with E-state index in [1.165, 1.54) is 22.7 Å². The fraction of sp³-hybridized carbons (Fsp3) is 0.143. The van der Waals surface area contributed by atoms with Gasteiger partial charge in [0.15, 0.2) is 23.0 Å². The molecule has 0 N–H and O–H groups in total. The summed E-state index contributed by atoms with van der Waals surface area (Å²) in [5.41, 5.74) is -0.0195. The maximum absolute atomic E-state index is 9.22. The fourth-order valence-corrected chi connectivity index (χ4v) is 8.64. The van der Waals surface area contributed by atoms with E-state index >= 15 is 0 Å². The summed E-state index contributed by atoms with van der Waals surface area (Å²) >= 11 is 6.12. The minimum absolute atomic E-state index is 0.00973. The van der Waals surface area contributed by atoms with Crippen molar-refractivity contribution in [1.29, 1.82) is 10.5 Å². The van der Waals surface area contributed by atoms with E-state index in [4.69, 9.17) is 32.1 Å². The van der Waals surface area contributed by atoms with Crippen LogP contribution in [0.3, 0.4) is 0 Å². The Morgan fingerprint density at radius 2 is 1.00 bits per heavy atom. The van der Waals surface area contributed by atoms with E-state index in [1.54, 1.807) is 34.8 Å². The van der Waals surface area contributed by atoms with Crippen LogP contribution < -0.4 is 18.9 Å². The predicted octanol–water partition coefficient (Wildman–Crippen LogP) is 8.04. The van der Waals surface area contributed by atoms with E-state index < -0.39 is 0 Å². The van der Waals surface area contributed by atoms with Gasteiger partial charge in [-0.3, -0.25) is 0 Å². The zero-order valence-electron chi connectivity index (χ0n) is 20.3. The van der Waals surface area contributed by atoms with Gasteiger partial charge in [-0.2, -0.15) is 0 Å². The molecule has 0 saturated carbocycles. The van der Waals surface area contributed by atoms with Gasteiger partial charge < -0.3 is 18.9 Å². The van der Waals surface area contributed by atoms with Crippen molar-refractivity contribution in [3.05, 3.63) is 68.2 Å². The minimum Gasteiger partial charge on any atom is -0.485 e. The lowest BCUT2D eigenvalue weighted by Gasteiger charge is -2.16. The lowest BCUT2D eigenvalue weighted by atomic mass is 10.2. The molecular formula is C28H14N4O4S4. The Morgan fingerprint density at radius 1 is 0.625 bits per heavy atom. The summed E-state index contributed by atoms with van der Waals surface area (Å²) < 4.78 is 23.6. The number of hydrogen-bond acceptors (Lipinski definition) is 10. The lowest BCUT2D eigenvalue weighted by Crippen LogP contribution is -2.14. The summed E-state index contributed by atoms with van der Waals surface area (Å²) in [5, 5.41) is 18.4. The number of fused-ring (bicyclic) bond motifs is 2.